The third-order valence-electron chi connectivity index (χ3n) is 3.77. The Balaban J connectivity index is 2.05. The molecule has 0 spiro atoms. The van der Waals surface area contributed by atoms with Crippen LogP contribution in [0.3, 0.4) is 0 Å². The molecular formula is C20H22N2O2S. The molecule has 130 valence electrons. The van der Waals surface area contributed by atoms with Gasteiger partial charge in [0.25, 0.3) is 0 Å². The standard InChI is InChI=1S/C20H22N2O2S/c1-13(2)25-20-21-18(14-5-9-16(23-3)10-6-14)19(22-20)15-7-11-17(24-4)12-8-15/h5-13H,1-4H3,(H,21,22). The van der Waals surface area contributed by atoms with Gasteiger partial charge in [-0.2, -0.15) is 0 Å². The van der Waals surface area contributed by atoms with Gasteiger partial charge in [-0.05, 0) is 48.5 Å². The Morgan fingerprint density at radius 3 is 1.84 bits per heavy atom. The van der Waals surface area contributed by atoms with Gasteiger partial charge in [0.15, 0.2) is 5.16 Å². The average Bonchev–Trinajstić information content (AvgIpc) is 3.05. The second-order valence-corrected chi connectivity index (χ2v) is 7.45. The molecule has 4 nitrogen and oxygen atoms in total. The van der Waals surface area contributed by atoms with E-state index in [4.69, 9.17) is 14.5 Å². The van der Waals surface area contributed by atoms with Crippen molar-refractivity contribution in [3.63, 3.8) is 0 Å². The molecule has 0 saturated heterocycles. The first-order valence-corrected chi connectivity index (χ1v) is 9.04. The first-order chi connectivity index (χ1) is 12.1. The molecule has 0 radical (unpaired) electrons. The number of ether oxygens (including phenoxy) is 2. The molecule has 0 fully saturated rings. The molecule has 0 bridgehead atoms. The van der Waals surface area contributed by atoms with E-state index in [2.05, 4.69) is 18.8 Å². The fourth-order valence-electron chi connectivity index (χ4n) is 2.55. The maximum atomic E-state index is 5.26. The SMILES string of the molecule is COc1ccc(-c2nc(SC(C)C)[nH]c2-c2ccc(OC)cc2)cc1. The normalized spacial score (nSPS) is 10.9. The topological polar surface area (TPSA) is 47.1 Å². The Bertz CT molecular complexity index is 759. The van der Waals surface area contributed by atoms with Gasteiger partial charge in [0, 0.05) is 16.4 Å². The highest BCUT2D eigenvalue weighted by Crippen LogP contribution is 2.35. The summed E-state index contributed by atoms with van der Waals surface area (Å²) in [5.74, 6) is 1.67. The number of aromatic amines is 1. The zero-order chi connectivity index (χ0) is 17.8. The summed E-state index contributed by atoms with van der Waals surface area (Å²) < 4.78 is 10.5. The van der Waals surface area contributed by atoms with Crippen LogP contribution in [0.25, 0.3) is 22.5 Å². The minimum absolute atomic E-state index is 0.457. The van der Waals surface area contributed by atoms with Crippen LogP contribution < -0.4 is 9.47 Å². The predicted molar refractivity (Wildman–Crippen MR) is 104 cm³/mol. The summed E-state index contributed by atoms with van der Waals surface area (Å²) in [6.45, 7) is 4.32. The number of hydrogen-bond acceptors (Lipinski definition) is 4. The van der Waals surface area contributed by atoms with Crippen molar-refractivity contribution in [3.05, 3.63) is 48.5 Å². The molecule has 0 aliphatic rings. The largest absolute Gasteiger partial charge is 0.497 e. The number of H-pyrrole nitrogens is 1. The molecule has 3 rings (SSSR count). The van der Waals surface area contributed by atoms with E-state index >= 15 is 0 Å². The quantitative estimate of drug-likeness (QED) is 0.613. The Hall–Kier alpha value is -2.40. The lowest BCUT2D eigenvalue weighted by molar-refractivity contribution is 0.414. The van der Waals surface area contributed by atoms with Gasteiger partial charge in [-0.3, -0.25) is 0 Å². The Morgan fingerprint density at radius 1 is 0.840 bits per heavy atom. The number of benzene rings is 2. The van der Waals surface area contributed by atoms with Crippen LogP contribution in [0.15, 0.2) is 53.7 Å². The van der Waals surface area contributed by atoms with E-state index in [9.17, 15) is 0 Å². The zero-order valence-corrected chi connectivity index (χ0v) is 15.7. The van der Waals surface area contributed by atoms with Gasteiger partial charge >= 0.3 is 0 Å². The molecule has 5 heteroatoms. The maximum absolute atomic E-state index is 5.26. The Labute approximate surface area is 152 Å². The van der Waals surface area contributed by atoms with E-state index in [1.165, 1.54) is 0 Å². The van der Waals surface area contributed by atoms with E-state index in [-0.39, 0.29) is 0 Å². The van der Waals surface area contributed by atoms with Gasteiger partial charge in [-0.15, -0.1) is 0 Å². The smallest absolute Gasteiger partial charge is 0.166 e. The van der Waals surface area contributed by atoms with Crippen LogP contribution in [0.1, 0.15) is 13.8 Å². The minimum atomic E-state index is 0.457. The number of thioether (sulfide) groups is 1. The monoisotopic (exact) mass is 354 g/mol. The summed E-state index contributed by atoms with van der Waals surface area (Å²) in [7, 11) is 3.34. The number of hydrogen-bond donors (Lipinski definition) is 1. The van der Waals surface area contributed by atoms with Crippen LogP contribution in [0, 0.1) is 0 Å². The first kappa shape index (κ1) is 17.4. The van der Waals surface area contributed by atoms with Crippen LogP contribution in [-0.4, -0.2) is 29.4 Å². The number of methoxy groups -OCH3 is 2. The lowest BCUT2D eigenvalue weighted by Gasteiger charge is -2.06. The molecule has 1 N–H and O–H groups in total. The molecule has 3 aromatic rings. The van der Waals surface area contributed by atoms with Gasteiger partial charge < -0.3 is 14.5 Å². The molecule has 2 aromatic carbocycles. The van der Waals surface area contributed by atoms with Gasteiger partial charge in [0.05, 0.1) is 25.6 Å². The molecule has 1 heterocycles. The molecule has 0 aliphatic carbocycles. The lowest BCUT2D eigenvalue weighted by atomic mass is 10.0. The van der Waals surface area contributed by atoms with E-state index in [1.807, 2.05) is 48.5 Å². The minimum Gasteiger partial charge on any atom is -0.497 e. The second kappa shape index (κ2) is 7.66. The molecular weight excluding hydrogens is 332 g/mol. The van der Waals surface area contributed by atoms with E-state index in [1.54, 1.807) is 26.0 Å². The van der Waals surface area contributed by atoms with Gasteiger partial charge in [0.2, 0.25) is 0 Å². The summed E-state index contributed by atoms with van der Waals surface area (Å²) >= 11 is 1.72. The van der Waals surface area contributed by atoms with Crippen LogP contribution in [0.4, 0.5) is 0 Å². The highest BCUT2D eigenvalue weighted by atomic mass is 32.2. The number of nitrogens with zero attached hydrogens (tertiary/aromatic N) is 1. The lowest BCUT2D eigenvalue weighted by Crippen LogP contribution is -1.87. The third kappa shape index (κ3) is 3.99. The zero-order valence-electron chi connectivity index (χ0n) is 14.9. The fraction of sp³-hybridized carbons (Fsp3) is 0.250. The van der Waals surface area contributed by atoms with Gasteiger partial charge in [-0.1, -0.05) is 25.6 Å². The van der Waals surface area contributed by atoms with Gasteiger partial charge in [0.1, 0.15) is 11.5 Å². The van der Waals surface area contributed by atoms with Gasteiger partial charge in [-0.25, -0.2) is 4.98 Å². The van der Waals surface area contributed by atoms with E-state index < -0.39 is 0 Å². The van der Waals surface area contributed by atoms with Crippen molar-refractivity contribution in [1.29, 1.82) is 0 Å². The highest BCUT2D eigenvalue weighted by Gasteiger charge is 2.15. The van der Waals surface area contributed by atoms with E-state index in [0.29, 0.717) is 5.25 Å². The number of nitrogens with one attached hydrogen (secondary N) is 1. The van der Waals surface area contributed by atoms with Crippen molar-refractivity contribution >= 4 is 11.8 Å². The fourth-order valence-corrected chi connectivity index (χ4v) is 3.31. The predicted octanol–water partition coefficient (Wildman–Crippen LogP) is 5.26. The van der Waals surface area contributed by atoms with Crippen molar-refractivity contribution in [2.24, 2.45) is 0 Å². The van der Waals surface area contributed by atoms with Crippen molar-refractivity contribution < 1.29 is 9.47 Å². The Morgan fingerprint density at radius 2 is 1.36 bits per heavy atom. The van der Waals surface area contributed by atoms with Crippen molar-refractivity contribution in [3.8, 4) is 34.0 Å². The van der Waals surface area contributed by atoms with Crippen LogP contribution in [0.2, 0.25) is 0 Å². The Kier molecular flexibility index (Phi) is 5.34. The summed E-state index contributed by atoms with van der Waals surface area (Å²) in [6, 6.07) is 16.0. The summed E-state index contributed by atoms with van der Waals surface area (Å²) in [5.41, 5.74) is 4.08. The molecule has 0 saturated carbocycles. The maximum Gasteiger partial charge on any atom is 0.166 e. The molecule has 0 atom stereocenters. The highest BCUT2D eigenvalue weighted by molar-refractivity contribution is 7.99. The van der Waals surface area contributed by atoms with Crippen molar-refractivity contribution in [1.82, 2.24) is 9.97 Å². The summed E-state index contributed by atoms with van der Waals surface area (Å²) in [4.78, 5) is 8.30. The molecule has 0 unspecified atom stereocenters. The van der Waals surface area contributed by atoms with Crippen molar-refractivity contribution in [2.45, 2.75) is 24.3 Å². The third-order valence-corrected chi connectivity index (χ3v) is 4.66. The number of rotatable bonds is 6. The number of aromatic nitrogens is 2. The van der Waals surface area contributed by atoms with Crippen LogP contribution in [-0.2, 0) is 0 Å². The summed E-state index contributed by atoms with van der Waals surface area (Å²) in [5, 5.41) is 1.38. The molecule has 25 heavy (non-hydrogen) atoms. The molecule has 1 aromatic heterocycles. The molecule has 0 aliphatic heterocycles. The first-order valence-electron chi connectivity index (χ1n) is 8.16. The summed E-state index contributed by atoms with van der Waals surface area (Å²) in [6.07, 6.45) is 0. The molecule has 0 amide bonds. The van der Waals surface area contributed by atoms with Crippen LogP contribution >= 0.6 is 11.8 Å². The van der Waals surface area contributed by atoms with Crippen molar-refractivity contribution in [2.75, 3.05) is 14.2 Å². The van der Waals surface area contributed by atoms with Crippen LogP contribution in [0.5, 0.6) is 11.5 Å². The van der Waals surface area contributed by atoms with E-state index in [0.717, 1.165) is 39.2 Å². The second-order valence-electron chi connectivity index (χ2n) is 5.89. The number of imidazole rings is 1. The average molecular weight is 354 g/mol.